The van der Waals surface area contributed by atoms with E-state index in [1.165, 1.54) is 28.7 Å². The molecule has 0 saturated carbocycles. The van der Waals surface area contributed by atoms with Gasteiger partial charge in [0.05, 0.1) is 0 Å². The Kier molecular flexibility index (Phi) is 3.32. The Morgan fingerprint density at radius 2 is 0.960 bits per heavy atom. The predicted octanol–water partition coefficient (Wildman–Crippen LogP) is 1.83. The summed E-state index contributed by atoms with van der Waals surface area (Å²) in [6.45, 7) is 0. The molecule has 2 aromatic heterocycles. The maximum absolute atomic E-state index is 4.51. The van der Waals surface area contributed by atoms with Gasteiger partial charge in [-0.05, 0) is 0 Å². The zero-order chi connectivity index (χ0) is 16.7. The van der Waals surface area contributed by atoms with E-state index < -0.39 is 13.3 Å². The Hall–Kier alpha value is -2.72. The van der Waals surface area contributed by atoms with Crippen LogP contribution in [-0.2, 0) is 0 Å². The molecule has 1 aliphatic rings. The fourth-order valence-corrected chi connectivity index (χ4v) is 14.7. The SMILES string of the molecule is c1cc[c]([Ge]2([c]3ccccc3)[c]3cnccc3-c3ccnc[c]32)cc1. The van der Waals surface area contributed by atoms with Crippen LogP contribution in [0.25, 0.3) is 11.1 Å². The summed E-state index contributed by atoms with van der Waals surface area (Å²) in [4.78, 5) is 9.02. The van der Waals surface area contributed by atoms with Gasteiger partial charge < -0.3 is 0 Å². The van der Waals surface area contributed by atoms with Crippen molar-refractivity contribution in [3.8, 4) is 11.1 Å². The average Bonchev–Trinajstić information content (AvgIpc) is 3.01. The molecule has 0 aliphatic carbocycles. The van der Waals surface area contributed by atoms with Gasteiger partial charge in [0, 0.05) is 0 Å². The van der Waals surface area contributed by atoms with Gasteiger partial charge in [0.1, 0.15) is 0 Å². The molecular formula is C22H16GeN2. The van der Waals surface area contributed by atoms with Crippen molar-refractivity contribution in [3.05, 3.63) is 97.6 Å². The van der Waals surface area contributed by atoms with E-state index in [1.54, 1.807) is 0 Å². The molecule has 3 heterocycles. The van der Waals surface area contributed by atoms with Gasteiger partial charge in [-0.1, -0.05) is 0 Å². The van der Waals surface area contributed by atoms with Crippen LogP contribution in [-0.4, -0.2) is 23.2 Å². The minimum atomic E-state index is -3.04. The summed E-state index contributed by atoms with van der Waals surface area (Å²) in [5.41, 5.74) is 2.64. The molecule has 0 bridgehead atoms. The Morgan fingerprint density at radius 3 is 1.40 bits per heavy atom. The monoisotopic (exact) mass is 382 g/mol. The first-order valence-electron chi connectivity index (χ1n) is 8.43. The number of hydrogen-bond acceptors (Lipinski definition) is 2. The quantitative estimate of drug-likeness (QED) is 0.437. The van der Waals surface area contributed by atoms with Crippen LogP contribution in [0.4, 0.5) is 0 Å². The van der Waals surface area contributed by atoms with E-state index in [0.717, 1.165) is 0 Å². The van der Waals surface area contributed by atoms with Crippen molar-refractivity contribution in [2.75, 3.05) is 0 Å². The Bertz CT molecular complexity index is 959. The summed E-state index contributed by atoms with van der Waals surface area (Å²) in [5, 5.41) is 0. The molecule has 0 radical (unpaired) electrons. The van der Waals surface area contributed by atoms with Crippen molar-refractivity contribution in [1.29, 1.82) is 0 Å². The van der Waals surface area contributed by atoms with Crippen LogP contribution in [0, 0.1) is 0 Å². The third-order valence-corrected chi connectivity index (χ3v) is 15.2. The third kappa shape index (κ3) is 1.98. The van der Waals surface area contributed by atoms with Crippen LogP contribution in [0.2, 0.25) is 0 Å². The third-order valence-electron chi connectivity index (χ3n) is 5.15. The topological polar surface area (TPSA) is 25.8 Å². The molecule has 118 valence electrons. The molecule has 0 unspecified atom stereocenters. The van der Waals surface area contributed by atoms with Crippen molar-refractivity contribution >= 4 is 30.8 Å². The summed E-state index contributed by atoms with van der Waals surface area (Å²) < 4.78 is 5.66. The number of hydrogen-bond donors (Lipinski definition) is 0. The second kappa shape index (κ2) is 5.67. The van der Waals surface area contributed by atoms with E-state index >= 15 is 0 Å². The zero-order valence-electron chi connectivity index (χ0n) is 13.6. The van der Waals surface area contributed by atoms with Gasteiger partial charge in [-0.15, -0.1) is 0 Å². The van der Waals surface area contributed by atoms with Gasteiger partial charge in [-0.2, -0.15) is 0 Å². The van der Waals surface area contributed by atoms with Crippen molar-refractivity contribution in [2.45, 2.75) is 0 Å². The molecule has 0 spiro atoms. The number of nitrogens with zero attached hydrogens (tertiary/aromatic N) is 2. The van der Waals surface area contributed by atoms with Crippen LogP contribution >= 0.6 is 0 Å². The minimum absolute atomic E-state index is 1.32. The number of aromatic nitrogens is 2. The fourth-order valence-electron chi connectivity index (χ4n) is 4.17. The van der Waals surface area contributed by atoms with E-state index in [0.29, 0.717) is 0 Å². The number of rotatable bonds is 2. The molecular weight excluding hydrogens is 365 g/mol. The van der Waals surface area contributed by atoms with E-state index in [1.807, 2.05) is 12.4 Å². The van der Waals surface area contributed by atoms with Gasteiger partial charge in [-0.3, -0.25) is 0 Å². The number of benzene rings is 2. The van der Waals surface area contributed by atoms with Crippen molar-refractivity contribution < 1.29 is 0 Å². The van der Waals surface area contributed by atoms with Gasteiger partial charge in [0.25, 0.3) is 0 Å². The molecule has 0 fully saturated rings. The second-order valence-electron chi connectivity index (χ2n) is 6.32. The van der Waals surface area contributed by atoms with Crippen LogP contribution in [0.5, 0.6) is 0 Å². The molecule has 4 aromatic rings. The zero-order valence-corrected chi connectivity index (χ0v) is 15.7. The van der Waals surface area contributed by atoms with Gasteiger partial charge in [-0.25, -0.2) is 0 Å². The number of pyridine rings is 2. The summed E-state index contributed by atoms with van der Waals surface area (Å²) in [6.07, 6.45) is 7.99. The first-order chi connectivity index (χ1) is 12.4. The average molecular weight is 381 g/mol. The van der Waals surface area contributed by atoms with E-state index in [2.05, 4.69) is 95.2 Å². The normalized spacial score (nSPS) is 13.9. The molecule has 5 rings (SSSR count). The van der Waals surface area contributed by atoms with Crippen molar-refractivity contribution in [3.63, 3.8) is 0 Å². The van der Waals surface area contributed by atoms with E-state index in [-0.39, 0.29) is 0 Å². The van der Waals surface area contributed by atoms with Crippen LogP contribution in [0.1, 0.15) is 0 Å². The first kappa shape index (κ1) is 14.6. The summed E-state index contributed by atoms with van der Waals surface area (Å²) in [5.74, 6) is 0. The maximum atomic E-state index is 4.51. The predicted molar refractivity (Wildman–Crippen MR) is 105 cm³/mol. The molecule has 2 nitrogen and oxygen atoms in total. The summed E-state index contributed by atoms with van der Waals surface area (Å²) in [6, 6.07) is 26.2. The summed E-state index contributed by atoms with van der Waals surface area (Å²) >= 11 is -3.04. The van der Waals surface area contributed by atoms with Gasteiger partial charge in [0.2, 0.25) is 0 Å². The van der Waals surface area contributed by atoms with E-state index in [4.69, 9.17) is 0 Å². The van der Waals surface area contributed by atoms with Gasteiger partial charge >= 0.3 is 150 Å². The fraction of sp³-hybridized carbons (Fsp3) is 0. The molecule has 0 amide bonds. The van der Waals surface area contributed by atoms with Crippen LogP contribution in [0.15, 0.2) is 97.6 Å². The van der Waals surface area contributed by atoms with Crippen molar-refractivity contribution in [2.24, 2.45) is 0 Å². The molecule has 0 N–H and O–H groups in total. The second-order valence-corrected chi connectivity index (χ2v) is 14.2. The van der Waals surface area contributed by atoms with Crippen molar-refractivity contribution in [1.82, 2.24) is 9.97 Å². The molecule has 3 heteroatoms. The molecule has 1 aliphatic heterocycles. The number of fused-ring (bicyclic) bond motifs is 3. The standard InChI is InChI=1S/C22H16GeN2/c1-3-7-17(8-4-1)23(18-9-5-2-6-10-18)21-15-24-13-11-19(21)20-12-14-25-16-22(20)23/h1-16H. The van der Waals surface area contributed by atoms with Gasteiger partial charge in [0.15, 0.2) is 0 Å². The molecule has 0 saturated heterocycles. The molecule has 2 aromatic carbocycles. The Morgan fingerprint density at radius 1 is 0.520 bits per heavy atom. The Labute approximate surface area is 149 Å². The Balaban J connectivity index is 1.98. The molecule has 0 atom stereocenters. The summed E-state index contributed by atoms with van der Waals surface area (Å²) in [7, 11) is 0. The van der Waals surface area contributed by atoms with Crippen LogP contribution < -0.4 is 17.6 Å². The van der Waals surface area contributed by atoms with E-state index in [9.17, 15) is 0 Å². The first-order valence-corrected chi connectivity index (χ1v) is 12.6. The molecule has 25 heavy (non-hydrogen) atoms. The van der Waals surface area contributed by atoms with Crippen LogP contribution in [0.3, 0.4) is 0 Å².